The van der Waals surface area contributed by atoms with Crippen LogP contribution in [-0.2, 0) is 10.8 Å². The van der Waals surface area contributed by atoms with E-state index in [1.54, 1.807) is 11.8 Å². The lowest BCUT2D eigenvalue weighted by atomic mass is 10.2. The Morgan fingerprint density at radius 2 is 2.09 bits per heavy atom. The molecule has 6 heteroatoms. The van der Waals surface area contributed by atoms with E-state index >= 15 is 0 Å². The standard InChI is InChI=1S/C16H24N2O2S2/c1-13-14(2)22(20)12-10-18(13)16(19)17-9-6-11-21-15-7-4-3-5-8-15/h3-5,7-8,13-14H,6,9-12H2,1-2H3,(H,17,19)/t13-,14-,22-/m1/s1. The van der Waals surface area contributed by atoms with Gasteiger partial charge in [0.15, 0.2) is 0 Å². The lowest BCUT2D eigenvalue weighted by Gasteiger charge is -2.37. The molecule has 2 rings (SSSR count). The number of hydrogen-bond donors (Lipinski definition) is 1. The second kappa shape index (κ2) is 8.58. The minimum atomic E-state index is -0.807. The Morgan fingerprint density at radius 1 is 1.36 bits per heavy atom. The van der Waals surface area contributed by atoms with Crippen LogP contribution in [-0.4, -0.2) is 51.0 Å². The number of carbonyl (C=O) groups is 1. The molecule has 1 fully saturated rings. The second-order valence-electron chi connectivity index (χ2n) is 5.47. The maximum atomic E-state index is 12.2. The number of nitrogens with one attached hydrogen (secondary N) is 1. The monoisotopic (exact) mass is 340 g/mol. The molecule has 1 aromatic rings. The highest BCUT2D eigenvalue weighted by molar-refractivity contribution is 7.99. The van der Waals surface area contributed by atoms with E-state index in [1.807, 2.05) is 36.9 Å². The Balaban J connectivity index is 1.66. The predicted octanol–water partition coefficient (Wildman–Crippen LogP) is 2.72. The molecule has 0 bridgehead atoms. The van der Waals surface area contributed by atoms with Crippen LogP contribution in [0.3, 0.4) is 0 Å². The Labute approximate surface area is 139 Å². The summed E-state index contributed by atoms with van der Waals surface area (Å²) in [4.78, 5) is 15.3. The normalized spacial score (nSPS) is 25.0. The first kappa shape index (κ1) is 17.3. The minimum absolute atomic E-state index is 0.0271. The summed E-state index contributed by atoms with van der Waals surface area (Å²) >= 11 is 1.80. The van der Waals surface area contributed by atoms with Crippen LogP contribution in [0.15, 0.2) is 35.2 Å². The Kier molecular flexibility index (Phi) is 6.76. The molecule has 4 nitrogen and oxygen atoms in total. The van der Waals surface area contributed by atoms with Crippen LogP contribution in [0.25, 0.3) is 0 Å². The lowest BCUT2D eigenvalue weighted by molar-refractivity contribution is 0.179. The van der Waals surface area contributed by atoms with Crippen LogP contribution in [0.4, 0.5) is 4.79 Å². The number of urea groups is 1. The van der Waals surface area contributed by atoms with Gasteiger partial charge in [-0.05, 0) is 38.2 Å². The average Bonchev–Trinajstić information content (AvgIpc) is 2.53. The van der Waals surface area contributed by atoms with Crippen LogP contribution >= 0.6 is 11.8 Å². The summed E-state index contributed by atoms with van der Waals surface area (Å²) in [6, 6.07) is 10.3. The first-order valence-electron chi connectivity index (χ1n) is 7.69. The number of rotatable bonds is 5. The van der Waals surface area contributed by atoms with Crippen molar-refractivity contribution in [2.75, 3.05) is 24.6 Å². The van der Waals surface area contributed by atoms with Gasteiger partial charge in [0.25, 0.3) is 0 Å². The summed E-state index contributed by atoms with van der Waals surface area (Å²) < 4.78 is 11.8. The molecule has 1 heterocycles. The van der Waals surface area contributed by atoms with Gasteiger partial charge in [-0.3, -0.25) is 4.21 Å². The number of nitrogens with zero attached hydrogens (tertiary/aromatic N) is 1. The topological polar surface area (TPSA) is 49.4 Å². The largest absolute Gasteiger partial charge is 0.338 e. The fraction of sp³-hybridized carbons (Fsp3) is 0.562. The van der Waals surface area contributed by atoms with Crippen LogP contribution < -0.4 is 5.32 Å². The number of benzene rings is 1. The van der Waals surface area contributed by atoms with Crippen LogP contribution in [0.2, 0.25) is 0 Å². The molecule has 122 valence electrons. The zero-order valence-corrected chi connectivity index (χ0v) is 14.8. The Bertz CT molecular complexity index is 510. The summed E-state index contributed by atoms with van der Waals surface area (Å²) in [5, 5.41) is 3.03. The molecule has 0 radical (unpaired) electrons. The lowest BCUT2D eigenvalue weighted by Crippen LogP contribution is -2.55. The molecule has 3 atom stereocenters. The van der Waals surface area contributed by atoms with E-state index in [0.29, 0.717) is 18.8 Å². The number of amides is 2. The molecule has 0 unspecified atom stereocenters. The first-order chi connectivity index (χ1) is 10.6. The smallest absolute Gasteiger partial charge is 0.317 e. The van der Waals surface area contributed by atoms with Crippen LogP contribution in [0.5, 0.6) is 0 Å². The Morgan fingerprint density at radius 3 is 2.82 bits per heavy atom. The molecule has 1 aliphatic heterocycles. The van der Waals surface area contributed by atoms with Gasteiger partial charge >= 0.3 is 6.03 Å². The van der Waals surface area contributed by atoms with E-state index < -0.39 is 10.8 Å². The highest BCUT2D eigenvalue weighted by Crippen LogP contribution is 2.18. The van der Waals surface area contributed by atoms with Gasteiger partial charge in [0.1, 0.15) is 0 Å². The number of thioether (sulfide) groups is 1. The molecule has 0 spiro atoms. The molecular formula is C16H24N2O2S2. The average molecular weight is 341 g/mol. The van der Waals surface area contributed by atoms with Crippen molar-refractivity contribution < 1.29 is 9.00 Å². The second-order valence-corrected chi connectivity index (χ2v) is 8.55. The molecule has 1 N–H and O–H groups in total. The van der Waals surface area contributed by atoms with Crippen molar-refractivity contribution in [2.24, 2.45) is 0 Å². The van der Waals surface area contributed by atoms with Crippen LogP contribution in [0, 0.1) is 0 Å². The first-order valence-corrected chi connectivity index (χ1v) is 10.1. The highest BCUT2D eigenvalue weighted by atomic mass is 32.2. The van der Waals surface area contributed by atoms with Crippen molar-refractivity contribution in [3.05, 3.63) is 30.3 Å². The molecular weight excluding hydrogens is 316 g/mol. The van der Waals surface area contributed by atoms with Gasteiger partial charge < -0.3 is 10.2 Å². The van der Waals surface area contributed by atoms with E-state index in [1.165, 1.54) is 4.90 Å². The quantitative estimate of drug-likeness (QED) is 0.662. The van der Waals surface area contributed by atoms with Crippen LogP contribution in [0.1, 0.15) is 20.3 Å². The van der Waals surface area contributed by atoms with Gasteiger partial charge in [0, 0.05) is 40.6 Å². The maximum Gasteiger partial charge on any atom is 0.317 e. The van der Waals surface area contributed by atoms with Crippen molar-refractivity contribution in [3.63, 3.8) is 0 Å². The molecule has 1 aliphatic rings. The van der Waals surface area contributed by atoms with E-state index in [2.05, 4.69) is 17.4 Å². The molecule has 22 heavy (non-hydrogen) atoms. The van der Waals surface area contributed by atoms with Crippen molar-refractivity contribution in [1.29, 1.82) is 0 Å². The zero-order valence-electron chi connectivity index (χ0n) is 13.2. The van der Waals surface area contributed by atoms with Gasteiger partial charge in [-0.15, -0.1) is 11.8 Å². The summed E-state index contributed by atoms with van der Waals surface area (Å²) in [7, 11) is -0.807. The van der Waals surface area contributed by atoms with E-state index in [4.69, 9.17) is 0 Å². The Hall–Kier alpha value is -1.01. The summed E-state index contributed by atoms with van der Waals surface area (Å²) in [6.45, 7) is 5.20. The molecule has 0 saturated carbocycles. The van der Waals surface area contributed by atoms with E-state index in [-0.39, 0.29) is 17.3 Å². The summed E-state index contributed by atoms with van der Waals surface area (Å²) in [5.74, 6) is 1.57. The van der Waals surface area contributed by atoms with Gasteiger partial charge in [-0.1, -0.05) is 18.2 Å². The van der Waals surface area contributed by atoms with Gasteiger partial charge in [0.05, 0.1) is 5.25 Å². The van der Waals surface area contributed by atoms with Gasteiger partial charge in [0.2, 0.25) is 0 Å². The molecule has 0 aromatic heterocycles. The fourth-order valence-corrected chi connectivity index (χ4v) is 4.62. The van der Waals surface area contributed by atoms with Crippen molar-refractivity contribution in [1.82, 2.24) is 10.2 Å². The minimum Gasteiger partial charge on any atom is -0.338 e. The van der Waals surface area contributed by atoms with Crippen molar-refractivity contribution in [2.45, 2.75) is 36.5 Å². The SMILES string of the molecule is C[C@@H]1[C@@H](C)[S@](=O)CCN1C(=O)NCCCSc1ccccc1. The third kappa shape index (κ3) is 4.74. The number of carbonyl (C=O) groups excluding carboxylic acids is 1. The van der Waals surface area contributed by atoms with E-state index in [0.717, 1.165) is 12.2 Å². The van der Waals surface area contributed by atoms with Crippen molar-refractivity contribution >= 4 is 28.6 Å². The third-order valence-corrected chi connectivity index (χ3v) is 6.90. The zero-order chi connectivity index (χ0) is 15.9. The summed E-state index contributed by atoms with van der Waals surface area (Å²) in [5.41, 5.74) is 0. The maximum absolute atomic E-state index is 12.2. The molecule has 2 amide bonds. The molecule has 0 aliphatic carbocycles. The molecule has 1 aromatic carbocycles. The fourth-order valence-electron chi connectivity index (χ4n) is 2.41. The predicted molar refractivity (Wildman–Crippen MR) is 93.8 cm³/mol. The molecule has 1 saturated heterocycles. The summed E-state index contributed by atoms with van der Waals surface area (Å²) in [6.07, 6.45) is 0.939. The number of hydrogen-bond acceptors (Lipinski definition) is 3. The highest BCUT2D eigenvalue weighted by Gasteiger charge is 2.32. The van der Waals surface area contributed by atoms with Gasteiger partial charge in [-0.2, -0.15) is 0 Å². The van der Waals surface area contributed by atoms with E-state index in [9.17, 15) is 9.00 Å². The van der Waals surface area contributed by atoms with Crippen molar-refractivity contribution in [3.8, 4) is 0 Å². The third-order valence-electron chi connectivity index (χ3n) is 3.99. The van der Waals surface area contributed by atoms with Gasteiger partial charge in [-0.25, -0.2) is 4.79 Å².